The number of phenolic OH excluding ortho intramolecular Hbond substituents is 1. The summed E-state index contributed by atoms with van der Waals surface area (Å²) in [4.78, 5) is 13.8. The van der Waals surface area contributed by atoms with Crippen LogP contribution in [0.15, 0.2) is 47.6 Å². The van der Waals surface area contributed by atoms with Crippen LogP contribution in [0.1, 0.15) is 22.8 Å². The summed E-state index contributed by atoms with van der Waals surface area (Å²) in [5, 5.41) is 36.1. The van der Waals surface area contributed by atoms with Crippen molar-refractivity contribution < 1.29 is 43.8 Å². The molecule has 0 spiro atoms. The van der Waals surface area contributed by atoms with E-state index in [1.165, 1.54) is 13.2 Å². The van der Waals surface area contributed by atoms with E-state index < -0.39 is 48.8 Å². The highest BCUT2D eigenvalue weighted by molar-refractivity contribution is 6.08. The van der Waals surface area contributed by atoms with E-state index in [1.54, 1.807) is 38.3 Å². The van der Waals surface area contributed by atoms with E-state index in [2.05, 4.69) is 29.0 Å². The molecular formula is C32H31NO9. The maximum atomic E-state index is 13.8. The number of epoxide rings is 1. The third-order valence-electron chi connectivity index (χ3n) is 7.97. The quantitative estimate of drug-likeness (QED) is 0.228. The second-order valence-corrected chi connectivity index (χ2v) is 10.6. The maximum absolute atomic E-state index is 13.8. The number of aliphatic hydroxyl groups excluding tert-OH is 2. The lowest BCUT2D eigenvalue weighted by Crippen LogP contribution is -2.62. The lowest BCUT2D eigenvalue weighted by molar-refractivity contribution is -0.273. The highest BCUT2D eigenvalue weighted by Gasteiger charge is 2.47. The monoisotopic (exact) mass is 573 g/mol. The van der Waals surface area contributed by atoms with E-state index in [1.807, 2.05) is 13.0 Å². The number of esters is 1. The number of rotatable bonds is 6. The molecule has 2 aliphatic heterocycles. The first-order valence-corrected chi connectivity index (χ1v) is 13.7. The van der Waals surface area contributed by atoms with Crippen LogP contribution in [0.3, 0.4) is 0 Å². The van der Waals surface area contributed by atoms with Gasteiger partial charge in [0.1, 0.15) is 35.4 Å². The van der Waals surface area contributed by atoms with Crippen LogP contribution in [0, 0.1) is 30.6 Å². The molecular weight excluding hydrogens is 542 g/mol. The largest absolute Gasteiger partial charge is 0.507 e. The molecule has 4 aliphatic rings. The highest BCUT2D eigenvalue weighted by atomic mass is 16.7. The van der Waals surface area contributed by atoms with E-state index in [0.717, 1.165) is 10.9 Å². The zero-order chi connectivity index (χ0) is 29.7. The third-order valence-corrected chi connectivity index (χ3v) is 7.97. The van der Waals surface area contributed by atoms with Gasteiger partial charge in [-0.15, -0.1) is 0 Å². The molecule has 2 saturated heterocycles. The van der Waals surface area contributed by atoms with Crippen molar-refractivity contribution in [2.75, 3.05) is 14.2 Å². The number of fused-ring (bicyclic) bond motifs is 3. The minimum atomic E-state index is -1.18. The zero-order valence-corrected chi connectivity index (χ0v) is 23.5. The van der Waals surface area contributed by atoms with Gasteiger partial charge in [0.05, 0.1) is 19.3 Å². The number of likely N-dealkylation sites (N-methyl/N-ethyl adjacent to an activating group) is 1. The smallest absolute Gasteiger partial charge is 0.343 e. The van der Waals surface area contributed by atoms with Crippen molar-refractivity contribution in [1.82, 2.24) is 5.32 Å². The number of aromatic hydroxyl groups is 1. The van der Waals surface area contributed by atoms with Crippen LogP contribution in [-0.2, 0) is 18.9 Å². The molecule has 4 N–H and O–H groups in total. The van der Waals surface area contributed by atoms with Gasteiger partial charge in [0, 0.05) is 16.5 Å². The molecule has 0 radical (unpaired) electrons. The summed E-state index contributed by atoms with van der Waals surface area (Å²) in [7, 11) is 3.15. The maximum Gasteiger partial charge on any atom is 0.343 e. The first-order chi connectivity index (χ1) is 20.2. The molecule has 0 amide bonds. The Balaban J connectivity index is 1.37. The molecule has 2 aromatic rings. The normalized spacial score (nSPS) is 34.0. The lowest BCUT2D eigenvalue weighted by atomic mass is 9.97. The van der Waals surface area contributed by atoms with Crippen LogP contribution in [0.2, 0.25) is 0 Å². The minimum Gasteiger partial charge on any atom is -0.507 e. The van der Waals surface area contributed by atoms with Gasteiger partial charge in [-0.1, -0.05) is 29.7 Å². The topological polar surface area (TPSA) is 139 Å². The lowest BCUT2D eigenvalue weighted by Gasteiger charge is -2.42. The van der Waals surface area contributed by atoms with Gasteiger partial charge in [0.2, 0.25) is 0 Å². The van der Waals surface area contributed by atoms with Crippen LogP contribution in [0.4, 0.5) is 0 Å². The average Bonchev–Trinajstić information content (AvgIpc) is 3.63. The Morgan fingerprint density at radius 1 is 1.07 bits per heavy atom. The van der Waals surface area contributed by atoms with Crippen LogP contribution in [0.25, 0.3) is 10.8 Å². The number of aryl methyl sites for hydroxylation is 1. The van der Waals surface area contributed by atoms with Crippen molar-refractivity contribution in [1.29, 1.82) is 0 Å². The van der Waals surface area contributed by atoms with Crippen LogP contribution >= 0.6 is 0 Å². The summed E-state index contributed by atoms with van der Waals surface area (Å²) in [5.74, 6) is 11.6. The number of aliphatic hydroxyl groups is 2. The summed E-state index contributed by atoms with van der Waals surface area (Å²) >= 11 is 0. The molecule has 0 saturated carbocycles. The molecule has 0 unspecified atom stereocenters. The summed E-state index contributed by atoms with van der Waals surface area (Å²) in [6.45, 7) is 3.52. The summed E-state index contributed by atoms with van der Waals surface area (Å²) < 4.78 is 29.2. The summed E-state index contributed by atoms with van der Waals surface area (Å²) in [6, 6.07) is 5.91. The molecule has 10 nitrogen and oxygen atoms in total. The van der Waals surface area contributed by atoms with Crippen LogP contribution in [0.5, 0.6) is 11.5 Å². The van der Waals surface area contributed by atoms with Crippen molar-refractivity contribution in [3.05, 3.63) is 58.7 Å². The Morgan fingerprint density at radius 3 is 2.62 bits per heavy atom. The fraction of sp³-hybridized carbons (Fsp3) is 0.406. The summed E-state index contributed by atoms with van der Waals surface area (Å²) in [5.41, 5.74) is 1.96. The number of carbonyl (C=O) groups is 1. The van der Waals surface area contributed by atoms with E-state index in [9.17, 15) is 20.1 Å². The number of nitrogens with one attached hydrogen (secondary N) is 1. The molecule has 10 heteroatoms. The summed E-state index contributed by atoms with van der Waals surface area (Å²) in [6.07, 6.45) is -3.21. The first kappa shape index (κ1) is 28.3. The van der Waals surface area contributed by atoms with Crippen molar-refractivity contribution in [3.8, 4) is 35.2 Å². The SMILES string of the molecule is CN[C@H]1[C@H](O[C@@H]2/C3=C/C#C[C@H]4O[C@H]4C#CC3=C[C@H]2OC(=O)c2c(O)ccc3c(C)cc(OC)cc23)O[C@H](C)[C@H](O)[C@@H]1O. The third kappa shape index (κ3) is 5.03. The Labute approximate surface area is 242 Å². The van der Waals surface area contributed by atoms with Crippen molar-refractivity contribution >= 4 is 16.7 Å². The Bertz CT molecular complexity index is 1620. The fourth-order valence-electron chi connectivity index (χ4n) is 5.57. The number of methoxy groups -OCH3 is 1. The van der Waals surface area contributed by atoms with E-state index in [0.29, 0.717) is 22.3 Å². The van der Waals surface area contributed by atoms with Gasteiger partial charge < -0.3 is 44.3 Å². The fourth-order valence-corrected chi connectivity index (χ4v) is 5.57. The van der Waals surface area contributed by atoms with Gasteiger partial charge in [-0.25, -0.2) is 4.79 Å². The highest BCUT2D eigenvalue weighted by Crippen LogP contribution is 2.37. The molecule has 2 heterocycles. The van der Waals surface area contributed by atoms with Gasteiger partial charge in [-0.3, -0.25) is 0 Å². The number of ether oxygens (including phenoxy) is 5. The molecule has 218 valence electrons. The van der Waals surface area contributed by atoms with Gasteiger partial charge >= 0.3 is 5.97 Å². The predicted molar refractivity (Wildman–Crippen MR) is 151 cm³/mol. The van der Waals surface area contributed by atoms with Crippen LogP contribution in [-0.4, -0.2) is 90.5 Å². The molecule has 2 fully saturated rings. The molecule has 2 aliphatic carbocycles. The molecule has 2 aromatic carbocycles. The molecule has 0 aromatic heterocycles. The van der Waals surface area contributed by atoms with E-state index in [-0.39, 0.29) is 23.5 Å². The molecule has 6 rings (SSSR count). The molecule has 9 atom stereocenters. The zero-order valence-electron chi connectivity index (χ0n) is 23.5. The Morgan fingerprint density at radius 2 is 1.86 bits per heavy atom. The number of allylic oxidation sites excluding steroid dienone is 1. The molecule has 0 bridgehead atoms. The number of phenols is 1. The number of carbonyl (C=O) groups excluding carboxylic acids is 1. The van der Waals surface area contributed by atoms with E-state index >= 15 is 0 Å². The van der Waals surface area contributed by atoms with Gasteiger partial charge in [0.15, 0.2) is 24.6 Å². The van der Waals surface area contributed by atoms with Crippen molar-refractivity contribution in [3.63, 3.8) is 0 Å². The average molecular weight is 574 g/mol. The molecule has 42 heavy (non-hydrogen) atoms. The standard InChI is InChI=1S/C32H31NO9/c1-15-12-18(38-4)14-21-19(15)9-10-22(34)26(21)31(37)41-25-13-17-8-11-24-23(40-24)7-5-6-20(17)30(25)42-32-27(33-3)29(36)28(35)16(2)39-32/h6,9-10,12-14,16,23-25,27-30,32-36H,1-4H3/b20-6+/t16-,23-,24+,25-,27-,28+,29-,30-,32+/m1/s1. The second kappa shape index (κ2) is 11.1. The number of hydrogen-bond acceptors (Lipinski definition) is 10. The minimum absolute atomic E-state index is 0.0176. The van der Waals surface area contributed by atoms with E-state index in [4.69, 9.17) is 23.7 Å². The number of hydrogen-bond donors (Lipinski definition) is 4. The second-order valence-electron chi connectivity index (χ2n) is 10.6. The first-order valence-electron chi connectivity index (χ1n) is 13.7. The van der Waals surface area contributed by atoms with Gasteiger partial charge in [-0.05, 0) is 62.2 Å². The Kier molecular flexibility index (Phi) is 7.46. The van der Waals surface area contributed by atoms with Crippen LogP contribution < -0.4 is 10.1 Å². The van der Waals surface area contributed by atoms with Crippen molar-refractivity contribution in [2.24, 2.45) is 0 Å². The van der Waals surface area contributed by atoms with Crippen molar-refractivity contribution in [2.45, 2.75) is 68.9 Å². The van der Waals surface area contributed by atoms with Gasteiger partial charge in [0.25, 0.3) is 0 Å². The predicted octanol–water partition coefficient (Wildman–Crippen LogP) is 1.48. The Hall–Kier alpha value is -3.87. The number of benzene rings is 2. The van der Waals surface area contributed by atoms with Gasteiger partial charge in [-0.2, -0.15) is 0 Å².